The van der Waals surface area contributed by atoms with Gasteiger partial charge in [-0.3, -0.25) is 4.90 Å². The molecule has 2 heteroatoms. The second kappa shape index (κ2) is 5.70. The summed E-state index contributed by atoms with van der Waals surface area (Å²) in [4.78, 5) is 2.55. The summed E-state index contributed by atoms with van der Waals surface area (Å²) in [6, 6.07) is 11.3. The summed E-state index contributed by atoms with van der Waals surface area (Å²) >= 11 is 6.04. The second-order valence-corrected chi connectivity index (χ2v) is 5.07. The fraction of sp³-hybridized carbons (Fsp3) is 0.571. The Morgan fingerprint density at radius 3 is 2.75 bits per heavy atom. The molecule has 0 aromatic heterocycles. The lowest BCUT2D eigenvalue weighted by atomic mass is 10.0. The highest BCUT2D eigenvalue weighted by atomic mass is 35.5. The third-order valence-corrected chi connectivity index (χ3v) is 4.00. The Bertz CT molecular complexity index is 312. The highest BCUT2D eigenvalue weighted by Gasteiger charge is 2.29. The normalized spacial score (nSPS) is 26.1. The first-order valence-corrected chi connectivity index (χ1v) is 6.68. The average molecular weight is 238 g/mol. The molecule has 2 rings (SSSR count). The topological polar surface area (TPSA) is 3.24 Å². The SMILES string of the molecule is CC1CCN(CCc2ccccc2)C1CCl. The zero-order valence-electron chi connectivity index (χ0n) is 9.90. The van der Waals surface area contributed by atoms with E-state index < -0.39 is 0 Å². The van der Waals surface area contributed by atoms with Crippen molar-refractivity contribution < 1.29 is 0 Å². The zero-order valence-corrected chi connectivity index (χ0v) is 10.7. The van der Waals surface area contributed by atoms with Crippen molar-refractivity contribution in [2.24, 2.45) is 5.92 Å². The van der Waals surface area contributed by atoms with Crippen molar-refractivity contribution in [3.05, 3.63) is 35.9 Å². The first-order valence-electron chi connectivity index (χ1n) is 6.15. The van der Waals surface area contributed by atoms with Crippen molar-refractivity contribution in [2.45, 2.75) is 25.8 Å². The Balaban J connectivity index is 1.86. The molecule has 88 valence electrons. The minimum atomic E-state index is 0.588. The largest absolute Gasteiger partial charge is 0.299 e. The van der Waals surface area contributed by atoms with Crippen LogP contribution in [0.2, 0.25) is 0 Å². The molecule has 1 aliphatic rings. The molecule has 1 fully saturated rings. The van der Waals surface area contributed by atoms with Crippen molar-refractivity contribution in [2.75, 3.05) is 19.0 Å². The molecule has 0 aliphatic carbocycles. The van der Waals surface area contributed by atoms with Crippen LogP contribution in [0.3, 0.4) is 0 Å². The third kappa shape index (κ3) is 2.78. The van der Waals surface area contributed by atoms with E-state index in [0.717, 1.165) is 24.8 Å². The van der Waals surface area contributed by atoms with Gasteiger partial charge in [0.2, 0.25) is 0 Å². The monoisotopic (exact) mass is 237 g/mol. The fourth-order valence-corrected chi connectivity index (χ4v) is 3.03. The molecule has 16 heavy (non-hydrogen) atoms. The number of hydrogen-bond donors (Lipinski definition) is 0. The Labute approximate surface area is 103 Å². The zero-order chi connectivity index (χ0) is 11.4. The van der Waals surface area contributed by atoms with Gasteiger partial charge in [0, 0.05) is 18.5 Å². The van der Waals surface area contributed by atoms with Gasteiger partial charge in [-0.05, 0) is 30.9 Å². The van der Waals surface area contributed by atoms with Gasteiger partial charge < -0.3 is 0 Å². The molecule has 0 radical (unpaired) electrons. The minimum absolute atomic E-state index is 0.588. The van der Waals surface area contributed by atoms with E-state index in [1.807, 2.05) is 0 Å². The van der Waals surface area contributed by atoms with E-state index in [4.69, 9.17) is 11.6 Å². The molecule has 0 amide bonds. The van der Waals surface area contributed by atoms with Crippen molar-refractivity contribution >= 4 is 11.6 Å². The molecule has 0 N–H and O–H groups in total. The Hall–Kier alpha value is -0.530. The van der Waals surface area contributed by atoms with Crippen LogP contribution in [0.15, 0.2) is 30.3 Å². The van der Waals surface area contributed by atoms with Gasteiger partial charge in [-0.25, -0.2) is 0 Å². The van der Waals surface area contributed by atoms with Gasteiger partial charge in [0.05, 0.1) is 0 Å². The van der Waals surface area contributed by atoms with Gasteiger partial charge in [0.25, 0.3) is 0 Å². The molecule has 1 aromatic carbocycles. The van der Waals surface area contributed by atoms with Crippen LogP contribution in [0.5, 0.6) is 0 Å². The molecule has 1 aromatic rings. The van der Waals surface area contributed by atoms with Crippen molar-refractivity contribution in [1.29, 1.82) is 0 Å². The van der Waals surface area contributed by atoms with Crippen LogP contribution in [-0.2, 0) is 6.42 Å². The summed E-state index contributed by atoms with van der Waals surface area (Å²) in [6.07, 6.45) is 2.44. The molecule has 2 atom stereocenters. The van der Waals surface area contributed by atoms with Gasteiger partial charge in [-0.1, -0.05) is 37.3 Å². The Kier molecular flexibility index (Phi) is 4.25. The summed E-state index contributed by atoms with van der Waals surface area (Å²) in [6.45, 7) is 4.67. The lowest BCUT2D eigenvalue weighted by molar-refractivity contribution is 0.253. The summed E-state index contributed by atoms with van der Waals surface area (Å²) in [7, 11) is 0. The Morgan fingerprint density at radius 1 is 1.31 bits per heavy atom. The predicted octanol–water partition coefficient (Wildman–Crippen LogP) is 3.18. The lowest BCUT2D eigenvalue weighted by Gasteiger charge is -2.24. The van der Waals surface area contributed by atoms with Gasteiger partial charge in [-0.15, -0.1) is 11.6 Å². The number of rotatable bonds is 4. The molecule has 1 aliphatic heterocycles. The summed E-state index contributed by atoms with van der Waals surface area (Å²) in [5.41, 5.74) is 1.43. The maximum Gasteiger partial charge on any atom is 0.0382 e. The van der Waals surface area contributed by atoms with Crippen LogP contribution in [0, 0.1) is 5.92 Å². The molecule has 0 spiro atoms. The molecular weight excluding hydrogens is 218 g/mol. The number of hydrogen-bond acceptors (Lipinski definition) is 1. The maximum atomic E-state index is 6.04. The molecule has 1 nitrogen and oxygen atoms in total. The molecule has 2 unspecified atom stereocenters. The first kappa shape index (κ1) is 11.9. The highest BCUT2D eigenvalue weighted by molar-refractivity contribution is 6.18. The summed E-state index contributed by atoms with van der Waals surface area (Å²) < 4.78 is 0. The van der Waals surface area contributed by atoms with E-state index in [0.29, 0.717) is 6.04 Å². The minimum Gasteiger partial charge on any atom is -0.299 e. The van der Waals surface area contributed by atoms with Crippen LogP contribution in [0.4, 0.5) is 0 Å². The van der Waals surface area contributed by atoms with Crippen LogP contribution < -0.4 is 0 Å². The maximum absolute atomic E-state index is 6.04. The van der Waals surface area contributed by atoms with Gasteiger partial charge in [0.1, 0.15) is 0 Å². The van der Waals surface area contributed by atoms with Crippen molar-refractivity contribution in [1.82, 2.24) is 4.90 Å². The Morgan fingerprint density at radius 2 is 2.06 bits per heavy atom. The summed E-state index contributed by atoms with van der Waals surface area (Å²) in [5, 5.41) is 0. The van der Waals surface area contributed by atoms with Crippen LogP contribution in [-0.4, -0.2) is 29.9 Å². The van der Waals surface area contributed by atoms with E-state index in [1.165, 1.54) is 18.5 Å². The van der Waals surface area contributed by atoms with E-state index in [9.17, 15) is 0 Å². The number of benzene rings is 1. The molecular formula is C14H20ClN. The standard InChI is InChI=1S/C14H20ClN/c1-12-7-9-16(14(12)11-15)10-8-13-5-3-2-4-6-13/h2-6,12,14H,7-11H2,1H3. The van der Waals surface area contributed by atoms with Crippen molar-refractivity contribution in [3.63, 3.8) is 0 Å². The van der Waals surface area contributed by atoms with Gasteiger partial charge >= 0.3 is 0 Å². The van der Waals surface area contributed by atoms with E-state index in [1.54, 1.807) is 0 Å². The van der Waals surface area contributed by atoms with Crippen LogP contribution in [0.1, 0.15) is 18.9 Å². The lowest BCUT2D eigenvalue weighted by Crippen LogP contribution is -2.35. The average Bonchev–Trinajstić information content (AvgIpc) is 2.68. The number of halogens is 1. The molecule has 1 heterocycles. The van der Waals surface area contributed by atoms with E-state index in [-0.39, 0.29) is 0 Å². The molecule has 0 bridgehead atoms. The van der Waals surface area contributed by atoms with Gasteiger partial charge in [-0.2, -0.15) is 0 Å². The summed E-state index contributed by atoms with van der Waals surface area (Å²) in [5.74, 6) is 1.53. The van der Waals surface area contributed by atoms with E-state index in [2.05, 4.69) is 42.2 Å². The second-order valence-electron chi connectivity index (χ2n) is 4.76. The molecule has 1 saturated heterocycles. The highest BCUT2D eigenvalue weighted by Crippen LogP contribution is 2.24. The van der Waals surface area contributed by atoms with E-state index >= 15 is 0 Å². The number of likely N-dealkylation sites (tertiary alicyclic amines) is 1. The fourth-order valence-electron chi connectivity index (χ4n) is 2.53. The predicted molar refractivity (Wildman–Crippen MR) is 70.0 cm³/mol. The quantitative estimate of drug-likeness (QED) is 0.728. The first-order chi connectivity index (χ1) is 7.81. The molecule has 0 saturated carbocycles. The van der Waals surface area contributed by atoms with Crippen LogP contribution >= 0.6 is 11.6 Å². The smallest absolute Gasteiger partial charge is 0.0382 e. The third-order valence-electron chi connectivity index (χ3n) is 3.69. The van der Waals surface area contributed by atoms with Crippen LogP contribution in [0.25, 0.3) is 0 Å². The van der Waals surface area contributed by atoms with Crippen molar-refractivity contribution in [3.8, 4) is 0 Å². The number of nitrogens with zero attached hydrogens (tertiary/aromatic N) is 1. The number of alkyl halides is 1. The van der Waals surface area contributed by atoms with Gasteiger partial charge in [0.15, 0.2) is 0 Å².